The summed E-state index contributed by atoms with van der Waals surface area (Å²) in [5, 5.41) is 2.67. The van der Waals surface area contributed by atoms with Gasteiger partial charge in [0.15, 0.2) is 16.8 Å². The molecule has 0 saturated carbocycles. The highest BCUT2D eigenvalue weighted by molar-refractivity contribution is 7.89. The number of carbonyl (C=O) groups is 1. The summed E-state index contributed by atoms with van der Waals surface area (Å²) in [7, 11) is -3.69. The van der Waals surface area contributed by atoms with E-state index in [2.05, 4.69) is 15.0 Å². The van der Waals surface area contributed by atoms with E-state index in [4.69, 9.17) is 0 Å². The lowest BCUT2D eigenvalue weighted by Gasteiger charge is -2.06. The molecule has 0 unspecified atom stereocenters. The van der Waals surface area contributed by atoms with E-state index in [1.54, 1.807) is 18.2 Å². The largest absolute Gasteiger partial charge is 0.302 e. The number of aromatic nitrogens is 1. The number of benzene rings is 2. The molecule has 0 saturated heterocycles. The third-order valence-corrected chi connectivity index (χ3v) is 5.79. The van der Waals surface area contributed by atoms with Crippen LogP contribution in [0.5, 0.6) is 0 Å². The van der Waals surface area contributed by atoms with Crippen molar-refractivity contribution in [3.05, 3.63) is 54.1 Å². The molecule has 136 valence electrons. The van der Waals surface area contributed by atoms with Gasteiger partial charge >= 0.3 is 0 Å². The van der Waals surface area contributed by atoms with Crippen LogP contribution in [0.15, 0.2) is 47.4 Å². The summed E-state index contributed by atoms with van der Waals surface area (Å²) in [6.07, 6.45) is -0.120. The first-order valence-electron chi connectivity index (χ1n) is 7.45. The molecule has 1 aromatic heterocycles. The van der Waals surface area contributed by atoms with Gasteiger partial charge in [0, 0.05) is 19.0 Å². The lowest BCUT2D eigenvalue weighted by atomic mass is 10.3. The quantitative estimate of drug-likeness (QED) is 0.670. The highest BCUT2D eigenvalue weighted by Gasteiger charge is 2.15. The summed E-state index contributed by atoms with van der Waals surface area (Å²) in [4.78, 5) is 16.0. The third-order valence-electron chi connectivity index (χ3n) is 3.37. The van der Waals surface area contributed by atoms with E-state index in [1.165, 1.54) is 12.1 Å². The molecule has 2 N–H and O–H groups in total. The van der Waals surface area contributed by atoms with Crippen LogP contribution in [-0.4, -0.2) is 25.9 Å². The molecule has 0 atom stereocenters. The van der Waals surface area contributed by atoms with Crippen molar-refractivity contribution in [2.75, 3.05) is 11.9 Å². The Balaban J connectivity index is 1.58. The predicted octanol–water partition coefficient (Wildman–Crippen LogP) is 2.88. The minimum atomic E-state index is -3.69. The van der Waals surface area contributed by atoms with Crippen LogP contribution in [0.2, 0.25) is 0 Å². The smallest absolute Gasteiger partial charge is 0.240 e. The molecule has 10 heteroatoms. The second-order valence-corrected chi connectivity index (χ2v) is 8.06. The van der Waals surface area contributed by atoms with E-state index >= 15 is 0 Å². The molecule has 0 aliphatic heterocycles. The van der Waals surface area contributed by atoms with Crippen molar-refractivity contribution in [2.45, 2.75) is 11.3 Å². The number of thiazole rings is 1. The van der Waals surface area contributed by atoms with E-state index in [0.717, 1.165) is 23.5 Å². The van der Waals surface area contributed by atoms with Crippen LogP contribution < -0.4 is 10.0 Å². The summed E-state index contributed by atoms with van der Waals surface area (Å²) in [6.45, 7) is -0.1000. The Labute approximate surface area is 151 Å². The van der Waals surface area contributed by atoms with E-state index in [0.29, 0.717) is 4.70 Å². The van der Waals surface area contributed by atoms with Crippen molar-refractivity contribution in [3.63, 3.8) is 0 Å². The Morgan fingerprint density at radius 2 is 1.81 bits per heavy atom. The molecule has 26 heavy (non-hydrogen) atoms. The van der Waals surface area contributed by atoms with Gasteiger partial charge in [-0.15, -0.1) is 0 Å². The number of rotatable bonds is 6. The average Bonchev–Trinajstić information content (AvgIpc) is 2.96. The number of halogens is 2. The first kappa shape index (κ1) is 18.4. The Hall–Kier alpha value is -2.43. The fourth-order valence-corrected chi connectivity index (χ4v) is 4.08. The Morgan fingerprint density at radius 3 is 2.54 bits per heavy atom. The van der Waals surface area contributed by atoms with Gasteiger partial charge in [0.05, 0.1) is 15.1 Å². The van der Waals surface area contributed by atoms with Crippen molar-refractivity contribution < 1.29 is 22.0 Å². The number of nitrogens with zero attached hydrogens (tertiary/aromatic N) is 1. The van der Waals surface area contributed by atoms with Gasteiger partial charge in [0.2, 0.25) is 15.9 Å². The first-order valence-corrected chi connectivity index (χ1v) is 9.75. The SMILES string of the molecule is O=C(CCNS(=O)(=O)c1ccccc1)Nc1nc2cc(F)c(F)cc2s1. The highest BCUT2D eigenvalue weighted by Crippen LogP contribution is 2.27. The molecule has 2 aromatic carbocycles. The van der Waals surface area contributed by atoms with Crippen molar-refractivity contribution in [2.24, 2.45) is 0 Å². The van der Waals surface area contributed by atoms with Crippen LogP contribution in [0.4, 0.5) is 13.9 Å². The van der Waals surface area contributed by atoms with Crippen LogP contribution in [0.25, 0.3) is 10.2 Å². The molecule has 0 bridgehead atoms. The standard InChI is InChI=1S/C16H13F2N3O3S2/c17-11-8-13-14(9-12(11)18)25-16(20-13)21-15(22)6-7-19-26(23,24)10-4-2-1-3-5-10/h1-5,8-9,19H,6-7H2,(H,20,21,22). The molecule has 0 spiro atoms. The maximum atomic E-state index is 13.2. The van der Waals surface area contributed by atoms with Gasteiger partial charge in [0.25, 0.3) is 0 Å². The van der Waals surface area contributed by atoms with Gasteiger partial charge in [-0.05, 0) is 18.2 Å². The molecular weight excluding hydrogens is 384 g/mol. The molecular formula is C16H13F2N3O3S2. The predicted molar refractivity (Wildman–Crippen MR) is 94.4 cm³/mol. The molecule has 1 amide bonds. The van der Waals surface area contributed by atoms with Gasteiger partial charge < -0.3 is 5.32 Å². The monoisotopic (exact) mass is 397 g/mol. The number of hydrogen-bond donors (Lipinski definition) is 2. The van der Waals surface area contributed by atoms with Crippen molar-refractivity contribution >= 4 is 42.6 Å². The first-order chi connectivity index (χ1) is 12.3. The minimum absolute atomic E-state index is 0.1000. The van der Waals surface area contributed by atoms with Crippen LogP contribution in [0, 0.1) is 11.6 Å². The zero-order chi connectivity index (χ0) is 18.7. The topological polar surface area (TPSA) is 88.2 Å². The van der Waals surface area contributed by atoms with Crippen LogP contribution >= 0.6 is 11.3 Å². The second kappa shape index (κ2) is 7.44. The second-order valence-electron chi connectivity index (χ2n) is 5.26. The van der Waals surface area contributed by atoms with Gasteiger partial charge in [-0.1, -0.05) is 29.5 Å². The normalized spacial score (nSPS) is 11.6. The maximum Gasteiger partial charge on any atom is 0.240 e. The van der Waals surface area contributed by atoms with Gasteiger partial charge in [0.1, 0.15) is 0 Å². The van der Waals surface area contributed by atoms with E-state index < -0.39 is 27.6 Å². The fourth-order valence-electron chi connectivity index (χ4n) is 2.14. The Bertz CT molecular complexity index is 1010. The molecule has 1 heterocycles. The molecule has 3 rings (SSSR count). The van der Waals surface area contributed by atoms with E-state index in [9.17, 15) is 22.0 Å². The highest BCUT2D eigenvalue weighted by atomic mass is 32.2. The van der Waals surface area contributed by atoms with Crippen molar-refractivity contribution in [1.29, 1.82) is 0 Å². The number of sulfonamides is 1. The molecule has 0 aliphatic carbocycles. The van der Waals surface area contributed by atoms with Crippen LogP contribution in [0.1, 0.15) is 6.42 Å². The van der Waals surface area contributed by atoms with Crippen LogP contribution in [0.3, 0.4) is 0 Å². The van der Waals surface area contributed by atoms with Crippen molar-refractivity contribution in [3.8, 4) is 0 Å². The molecule has 0 aliphatic rings. The maximum absolute atomic E-state index is 13.2. The van der Waals surface area contributed by atoms with Crippen LogP contribution in [-0.2, 0) is 14.8 Å². The number of carbonyl (C=O) groups excluding carboxylic acids is 1. The molecule has 3 aromatic rings. The summed E-state index contributed by atoms with van der Waals surface area (Å²) < 4.78 is 53.1. The van der Waals surface area contributed by atoms with E-state index in [-0.39, 0.29) is 28.5 Å². The molecule has 0 radical (unpaired) electrons. The molecule has 6 nitrogen and oxygen atoms in total. The Kier molecular flexibility index (Phi) is 5.25. The number of hydrogen-bond acceptors (Lipinski definition) is 5. The van der Waals surface area contributed by atoms with Gasteiger partial charge in [-0.2, -0.15) is 0 Å². The fraction of sp³-hybridized carbons (Fsp3) is 0.125. The average molecular weight is 397 g/mol. The third kappa shape index (κ3) is 4.21. The lowest BCUT2D eigenvalue weighted by Crippen LogP contribution is -2.27. The summed E-state index contributed by atoms with van der Waals surface area (Å²) in [6, 6.07) is 9.74. The summed E-state index contributed by atoms with van der Waals surface area (Å²) >= 11 is 0.996. The minimum Gasteiger partial charge on any atom is -0.302 e. The number of fused-ring (bicyclic) bond motifs is 1. The summed E-state index contributed by atoms with van der Waals surface area (Å²) in [5.41, 5.74) is 0.231. The van der Waals surface area contributed by atoms with Crippen molar-refractivity contribution in [1.82, 2.24) is 9.71 Å². The van der Waals surface area contributed by atoms with E-state index in [1.807, 2.05) is 0 Å². The molecule has 0 fully saturated rings. The zero-order valence-electron chi connectivity index (χ0n) is 13.2. The summed E-state index contributed by atoms with van der Waals surface area (Å²) in [5.74, 6) is -2.48. The lowest BCUT2D eigenvalue weighted by molar-refractivity contribution is -0.116. The number of amides is 1. The zero-order valence-corrected chi connectivity index (χ0v) is 14.8. The van der Waals surface area contributed by atoms with Gasteiger partial charge in [-0.3, -0.25) is 4.79 Å². The number of anilines is 1. The number of nitrogens with one attached hydrogen (secondary N) is 2. The van der Waals surface area contributed by atoms with Gasteiger partial charge in [-0.25, -0.2) is 26.9 Å². The Morgan fingerprint density at radius 1 is 1.12 bits per heavy atom.